The van der Waals surface area contributed by atoms with E-state index in [2.05, 4.69) is 5.32 Å². The molecule has 1 aromatic rings. The highest BCUT2D eigenvalue weighted by molar-refractivity contribution is 6.39. The molecular weight excluding hydrogens is 340 g/mol. The van der Waals surface area contributed by atoms with E-state index in [1.54, 1.807) is 18.2 Å². The molecule has 2 rings (SSSR count). The van der Waals surface area contributed by atoms with Gasteiger partial charge in [0.1, 0.15) is 0 Å². The lowest BCUT2D eigenvalue weighted by Gasteiger charge is -2.33. The summed E-state index contributed by atoms with van der Waals surface area (Å²) in [5, 5.41) is 3.12. The summed E-state index contributed by atoms with van der Waals surface area (Å²) in [4.78, 5) is 13.5. The van der Waals surface area contributed by atoms with Gasteiger partial charge in [0.15, 0.2) is 0 Å². The van der Waals surface area contributed by atoms with Gasteiger partial charge in [-0.2, -0.15) is 13.2 Å². The van der Waals surface area contributed by atoms with Crippen LogP contribution in [-0.4, -0.2) is 36.6 Å². The zero-order valence-corrected chi connectivity index (χ0v) is 13.1. The number of halogens is 5. The SMILES string of the molecule is O=C(CN1CCCC(C(F)(F)F)C1)Nc1c(Cl)cccc1Cl. The summed E-state index contributed by atoms with van der Waals surface area (Å²) in [5.74, 6) is -1.81. The molecule has 1 atom stereocenters. The quantitative estimate of drug-likeness (QED) is 0.881. The molecule has 0 saturated carbocycles. The van der Waals surface area contributed by atoms with E-state index in [1.165, 1.54) is 4.90 Å². The Morgan fingerprint density at radius 2 is 1.95 bits per heavy atom. The fourth-order valence-electron chi connectivity index (χ4n) is 2.47. The van der Waals surface area contributed by atoms with Gasteiger partial charge >= 0.3 is 6.18 Å². The van der Waals surface area contributed by atoms with Crippen LogP contribution in [0.25, 0.3) is 0 Å². The largest absolute Gasteiger partial charge is 0.393 e. The van der Waals surface area contributed by atoms with Gasteiger partial charge in [0.25, 0.3) is 0 Å². The Kier molecular flexibility index (Phi) is 5.58. The van der Waals surface area contributed by atoms with E-state index in [-0.39, 0.29) is 35.2 Å². The van der Waals surface area contributed by atoms with Gasteiger partial charge in [-0.25, -0.2) is 0 Å². The van der Waals surface area contributed by atoms with Crippen molar-refractivity contribution in [1.29, 1.82) is 0 Å². The first kappa shape index (κ1) is 17.4. The lowest BCUT2D eigenvalue weighted by Crippen LogP contribution is -2.44. The van der Waals surface area contributed by atoms with Crippen LogP contribution in [0, 0.1) is 5.92 Å². The summed E-state index contributed by atoms with van der Waals surface area (Å²) in [5.41, 5.74) is 0.278. The summed E-state index contributed by atoms with van der Waals surface area (Å²) < 4.78 is 38.2. The third-order valence-corrected chi connectivity index (χ3v) is 4.19. The van der Waals surface area contributed by atoms with Gasteiger partial charge in [-0.15, -0.1) is 0 Å². The number of benzene rings is 1. The molecule has 0 aromatic heterocycles. The Morgan fingerprint density at radius 3 is 2.55 bits per heavy atom. The van der Waals surface area contributed by atoms with Crippen molar-refractivity contribution in [2.45, 2.75) is 19.0 Å². The zero-order chi connectivity index (χ0) is 16.3. The second kappa shape index (κ2) is 7.06. The molecule has 1 aromatic carbocycles. The predicted molar refractivity (Wildman–Crippen MR) is 80.3 cm³/mol. The van der Waals surface area contributed by atoms with Crippen LogP contribution in [0.3, 0.4) is 0 Å². The molecule has 1 N–H and O–H groups in total. The van der Waals surface area contributed by atoms with Crippen molar-refractivity contribution in [1.82, 2.24) is 4.90 Å². The summed E-state index contributed by atoms with van der Waals surface area (Å²) in [6.07, 6.45) is -3.69. The molecule has 0 aliphatic carbocycles. The van der Waals surface area contributed by atoms with E-state index in [1.807, 2.05) is 0 Å². The highest BCUT2D eigenvalue weighted by atomic mass is 35.5. The molecule has 1 heterocycles. The van der Waals surface area contributed by atoms with Crippen molar-refractivity contribution in [3.05, 3.63) is 28.2 Å². The molecule has 122 valence electrons. The number of piperidine rings is 1. The van der Waals surface area contributed by atoms with Gasteiger partial charge in [0.2, 0.25) is 5.91 Å². The molecule has 0 radical (unpaired) electrons. The molecule has 8 heteroatoms. The Labute approximate surface area is 136 Å². The van der Waals surface area contributed by atoms with Crippen LogP contribution in [-0.2, 0) is 4.79 Å². The Bertz CT molecular complexity index is 531. The second-order valence-corrected chi connectivity index (χ2v) is 6.08. The number of anilines is 1. The number of para-hydroxylation sites is 1. The maximum atomic E-state index is 12.7. The van der Waals surface area contributed by atoms with Gasteiger partial charge in [0.05, 0.1) is 28.2 Å². The number of rotatable bonds is 3. The molecule has 3 nitrogen and oxygen atoms in total. The first-order valence-corrected chi connectivity index (χ1v) is 7.56. The smallest absolute Gasteiger partial charge is 0.322 e. The van der Waals surface area contributed by atoms with Gasteiger partial charge < -0.3 is 5.32 Å². The van der Waals surface area contributed by atoms with Crippen LogP contribution in [0.4, 0.5) is 18.9 Å². The number of alkyl halides is 3. The molecule has 0 bridgehead atoms. The monoisotopic (exact) mass is 354 g/mol. The van der Waals surface area contributed by atoms with Crippen molar-refractivity contribution < 1.29 is 18.0 Å². The minimum absolute atomic E-state index is 0.109. The lowest BCUT2D eigenvalue weighted by molar-refractivity contribution is -0.186. The predicted octanol–water partition coefficient (Wildman–Crippen LogP) is 4.21. The minimum atomic E-state index is -4.22. The third-order valence-electron chi connectivity index (χ3n) is 3.56. The molecule has 1 fully saturated rings. The van der Waals surface area contributed by atoms with E-state index in [0.29, 0.717) is 13.0 Å². The van der Waals surface area contributed by atoms with Crippen LogP contribution >= 0.6 is 23.2 Å². The highest BCUT2D eigenvalue weighted by Gasteiger charge is 2.41. The van der Waals surface area contributed by atoms with Crippen molar-refractivity contribution in [2.75, 3.05) is 25.0 Å². The number of carbonyl (C=O) groups excluding carboxylic acids is 1. The Morgan fingerprint density at radius 1 is 1.32 bits per heavy atom. The molecule has 1 amide bonds. The topological polar surface area (TPSA) is 32.3 Å². The van der Waals surface area contributed by atoms with Crippen LogP contribution in [0.5, 0.6) is 0 Å². The zero-order valence-electron chi connectivity index (χ0n) is 11.6. The summed E-state index contributed by atoms with van der Waals surface area (Å²) >= 11 is 11.9. The number of likely N-dealkylation sites (tertiary alicyclic amines) is 1. The van der Waals surface area contributed by atoms with Crippen LogP contribution < -0.4 is 5.32 Å². The summed E-state index contributed by atoms with van der Waals surface area (Å²) in [6, 6.07) is 4.78. The summed E-state index contributed by atoms with van der Waals surface area (Å²) in [7, 11) is 0. The summed E-state index contributed by atoms with van der Waals surface area (Å²) in [6.45, 7) is 0.192. The lowest BCUT2D eigenvalue weighted by atomic mass is 9.97. The minimum Gasteiger partial charge on any atom is -0.322 e. The standard InChI is InChI=1S/C14H15Cl2F3N2O/c15-10-4-1-5-11(16)13(10)20-12(22)8-21-6-2-3-9(7-21)14(17,18)19/h1,4-5,9H,2-3,6-8H2,(H,20,22). The van der Waals surface area contributed by atoms with Gasteiger partial charge in [-0.1, -0.05) is 29.3 Å². The van der Waals surface area contributed by atoms with Gasteiger partial charge in [0, 0.05) is 6.54 Å². The number of hydrogen-bond donors (Lipinski definition) is 1. The van der Waals surface area contributed by atoms with Crippen molar-refractivity contribution >= 4 is 34.8 Å². The van der Waals surface area contributed by atoms with Gasteiger partial charge in [-0.3, -0.25) is 9.69 Å². The average Bonchev–Trinajstić information content (AvgIpc) is 2.42. The number of hydrogen-bond acceptors (Lipinski definition) is 2. The Hall–Kier alpha value is -0.980. The van der Waals surface area contributed by atoms with Crippen LogP contribution in [0.15, 0.2) is 18.2 Å². The highest BCUT2D eigenvalue weighted by Crippen LogP contribution is 2.33. The second-order valence-electron chi connectivity index (χ2n) is 5.26. The fraction of sp³-hybridized carbons (Fsp3) is 0.500. The van der Waals surface area contributed by atoms with Crippen molar-refractivity contribution in [2.24, 2.45) is 5.92 Å². The molecule has 1 unspecified atom stereocenters. The maximum Gasteiger partial charge on any atom is 0.393 e. The van der Waals surface area contributed by atoms with Crippen LogP contribution in [0.1, 0.15) is 12.8 Å². The first-order valence-electron chi connectivity index (χ1n) is 6.80. The normalized spacial score (nSPS) is 20.0. The van der Waals surface area contributed by atoms with E-state index in [4.69, 9.17) is 23.2 Å². The maximum absolute atomic E-state index is 12.7. The fourth-order valence-corrected chi connectivity index (χ4v) is 2.96. The number of nitrogens with one attached hydrogen (secondary N) is 1. The number of nitrogens with zero attached hydrogens (tertiary/aromatic N) is 1. The Balaban J connectivity index is 1.95. The van der Waals surface area contributed by atoms with E-state index in [0.717, 1.165) is 0 Å². The molecule has 0 spiro atoms. The molecule has 1 aliphatic heterocycles. The number of amides is 1. The average molecular weight is 355 g/mol. The molecular formula is C14H15Cl2F3N2O. The van der Waals surface area contributed by atoms with E-state index in [9.17, 15) is 18.0 Å². The number of carbonyl (C=O) groups is 1. The van der Waals surface area contributed by atoms with E-state index >= 15 is 0 Å². The van der Waals surface area contributed by atoms with Crippen molar-refractivity contribution in [3.63, 3.8) is 0 Å². The molecule has 1 aliphatic rings. The van der Waals surface area contributed by atoms with Gasteiger partial charge in [-0.05, 0) is 31.5 Å². The van der Waals surface area contributed by atoms with Crippen LogP contribution in [0.2, 0.25) is 10.0 Å². The molecule has 22 heavy (non-hydrogen) atoms. The van der Waals surface area contributed by atoms with E-state index < -0.39 is 18.0 Å². The first-order chi connectivity index (χ1) is 10.3. The molecule has 1 saturated heterocycles. The van der Waals surface area contributed by atoms with Crippen molar-refractivity contribution in [3.8, 4) is 0 Å². The third kappa shape index (κ3) is 4.51.